The van der Waals surface area contributed by atoms with Gasteiger partial charge in [0.15, 0.2) is 23.0 Å². The third-order valence-corrected chi connectivity index (χ3v) is 4.60. The highest BCUT2D eigenvalue weighted by molar-refractivity contribution is 5.63. The Morgan fingerprint density at radius 2 is 1.27 bits per heavy atom. The maximum absolute atomic E-state index is 9.85. The molecule has 2 rings (SSSR count). The molecule has 2 aromatic rings. The summed E-state index contributed by atoms with van der Waals surface area (Å²) in [6, 6.07) is 3.31. The maximum atomic E-state index is 9.85. The van der Waals surface area contributed by atoms with Gasteiger partial charge in [-0.2, -0.15) is 0 Å². The van der Waals surface area contributed by atoms with Gasteiger partial charge in [-0.05, 0) is 31.9 Å². The largest absolute Gasteiger partial charge is 0.504 e. The van der Waals surface area contributed by atoms with E-state index < -0.39 is 0 Å². The second-order valence-corrected chi connectivity index (χ2v) is 6.93. The molecule has 2 aromatic carbocycles. The topological polar surface area (TPSA) is 95.8 Å². The zero-order valence-electron chi connectivity index (χ0n) is 20.4. The van der Waals surface area contributed by atoms with Gasteiger partial charge in [-0.25, -0.2) is 0 Å². The Morgan fingerprint density at radius 1 is 0.758 bits per heavy atom. The van der Waals surface area contributed by atoms with Gasteiger partial charge in [-0.1, -0.05) is 18.2 Å². The molecule has 0 amide bonds. The van der Waals surface area contributed by atoms with E-state index in [9.17, 15) is 10.2 Å². The quantitative estimate of drug-likeness (QED) is 0.491. The van der Waals surface area contributed by atoms with Gasteiger partial charge in [0, 0.05) is 11.1 Å². The van der Waals surface area contributed by atoms with E-state index in [1.807, 2.05) is 6.92 Å². The molecule has 0 radical (unpaired) electrons. The van der Waals surface area contributed by atoms with E-state index >= 15 is 0 Å². The van der Waals surface area contributed by atoms with Gasteiger partial charge in [0.05, 0.1) is 42.7 Å². The molecule has 0 fully saturated rings. The average Bonchev–Trinajstić information content (AvgIpc) is 2.79. The number of ether oxygens (including phenoxy) is 6. The molecule has 8 heteroatoms. The normalized spacial score (nSPS) is 9.79. The molecular weight excluding hydrogens is 428 g/mol. The number of methoxy groups -OCH3 is 6. The summed E-state index contributed by atoms with van der Waals surface area (Å²) in [6.45, 7) is 9.42. The summed E-state index contributed by atoms with van der Waals surface area (Å²) in [5.41, 5.74) is 2.63. The molecule has 0 aliphatic carbocycles. The van der Waals surface area contributed by atoms with Crippen LogP contribution in [0.2, 0.25) is 0 Å². The van der Waals surface area contributed by atoms with Crippen LogP contribution in [-0.2, 0) is 12.8 Å². The molecule has 0 unspecified atom stereocenters. The zero-order valence-corrected chi connectivity index (χ0v) is 20.4. The van der Waals surface area contributed by atoms with Crippen LogP contribution in [0.25, 0.3) is 0 Å². The highest BCUT2D eigenvalue weighted by Crippen LogP contribution is 2.47. The second-order valence-electron chi connectivity index (χ2n) is 6.93. The first-order valence-electron chi connectivity index (χ1n) is 10.0. The van der Waals surface area contributed by atoms with Crippen molar-refractivity contribution in [3.05, 3.63) is 48.1 Å². The molecule has 0 saturated heterocycles. The molecule has 0 aliphatic rings. The highest BCUT2D eigenvalue weighted by Gasteiger charge is 2.20. The van der Waals surface area contributed by atoms with Crippen molar-refractivity contribution in [3.63, 3.8) is 0 Å². The van der Waals surface area contributed by atoms with Gasteiger partial charge in [-0.3, -0.25) is 0 Å². The fourth-order valence-corrected chi connectivity index (χ4v) is 3.26. The molecule has 0 bridgehead atoms. The Kier molecular flexibility index (Phi) is 10.8. The van der Waals surface area contributed by atoms with Crippen molar-refractivity contribution in [1.82, 2.24) is 0 Å². The van der Waals surface area contributed by atoms with Crippen molar-refractivity contribution in [1.29, 1.82) is 0 Å². The van der Waals surface area contributed by atoms with Gasteiger partial charge < -0.3 is 38.6 Å². The molecule has 0 heterocycles. The predicted octanol–water partition coefficient (Wildman–Crippen LogP) is 4.68. The number of aromatic hydroxyl groups is 2. The number of phenolic OH excluding ortho intramolecular Hbond substituents is 2. The number of hydrogen-bond donors (Lipinski definition) is 2. The number of hydrogen-bond acceptors (Lipinski definition) is 8. The second kappa shape index (κ2) is 13.0. The van der Waals surface area contributed by atoms with E-state index in [0.29, 0.717) is 35.8 Å². The molecular formula is C25H34O8. The van der Waals surface area contributed by atoms with Crippen molar-refractivity contribution in [2.24, 2.45) is 0 Å². The lowest BCUT2D eigenvalue weighted by Gasteiger charge is -2.17. The molecule has 182 valence electrons. The first-order chi connectivity index (χ1) is 15.7. The number of allylic oxidation sites excluding steroid dienone is 2. The Morgan fingerprint density at radius 3 is 1.70 bits per heavy atom. The predicted molar refractivity (Wildman–Crippen MR) is 128 cm³/mol. The van der Waals surface area contributed by atoms with E-state index in [1.165, 1.54) is 35.5 Å². The zero-order chi connectivity index (χ0) is 25.1. The third-order valence-electron chi connectivity index (χ3n) is 4.60. The van der Waals surface area contributed by atoms with Gasteiger partial charge in [0.1, 0.15) is 0 Å². The lowest BCUT2D eigenvalue weighted by atomic mass is 10.0. The van der Waals surface area contributed by atoms with Crippen molar-refractivity contribution in [2.75, 3.05) is 42.7 Å². The van der Waals surface area contributed by atoms with Crippen LogP contribution >= 0.6 is 0 Å². The standard InChI is InChI=1S/C13H18O4.C12H16O4/c1-8(2)6-9-7-10(14)12(16-4)13(17-5)11(9)15-3;1-5-6-8-7-9(14-2)10(13)12(16-4)11(8)15-3/h7,14H,1,6H2,2-5H3;5,7,13H,1,6H2,2-4H3. The molecule has 0 spiro atoms. The maximum Gasteiger partial charge on any atom is 0.207 e. The Hall–Kier alpha value is -3.68. The van der Waals surface area contributed by atoms with Crippen LogP contribution < -0.4 is 28.4 Å². The molecule has 8 nitrogen and oxygen atoms in total. The summed E-state index contributed by atoms with van der Waals surface area (Å²) in [5.74, 6) is 2.33. The first-order valence-corrected chi connectivity index (χ1v) is 10.0. The molecule has 0 aromatic heterocycles. The minimum absolute atomic E-state index is 0.0291. The Bertz CT molecular complexity index is 966. The van der Waals surface area contributed by atoms with E-state index in [-0.39, 0.29) is 23.0 Å². The van der Waals surface area contributed by atoms with Gasteiger partial charge in [0.2, 0.25) is 23.0 Å². The van der Waals surface area contributed by atoms with Crippen LogP contribution in [0.3, 0.4) is 0 Å². The number of phenols is 2. The van der Waals surface area contributed by atoms with Crippen LogP contribution in [0.1, 0.15) is 18.1 Å². The monoisotopic (exact) mass is 462 g/mol. The average molecular weight is 463 g/mol. The van der Waals surface area contributed by atoms with Crippen LogP contribution in [0, 0.1) is 0 Å². The fraction of sp³-hybridized carbons (Fsp3) is 0.360. The number of rotatable bonds is 10. The lowest BCUT2D eigenvalue weighted by molar-refractivity contribution is 0.309. The fourth-order valence-electron chi connectivity index (χ4n) is 3.26. The summed E-state index contributed by atoms with van der Waals surface area (Å²) >= 11 is 0. The SMILES string of the molecule is C=C(C)Cc1cc(O)c(OC)c(OC)c1OC.C=CCc1cc(OC)c(O)c(OC)c1OC. The minimum Gasteiger partial charge on any atom is -0.504 e. The number of benzene rings is 2. The highest BCUT2D eigenvalue weighted by atomic mass is 16.5. The smallest absolute Gasteiger partial charge is 0.207 e. The van der Waals surface area contributed by atoms with Gasteiger partial charge in [0.25, 0.3) is 0 Å². The van der Waals surface area contributed by atoms with Gasteiger partial charge in [-0.15, -0.1) is 6.58 Å². The van der Waals surface area contributed by atoms with E-state index in [1.54, 1.807) is 25.3 Å². The molecule has 0 atom stereocenters. The van der Waals surface area contributed by atoms with Crippen LogP contribution in [0.15, 0.2) is 36.9 Å². The molecule has 33 heavy (non-hydrogen) atoms. The Balaban J connectivity index is 0.000000331. The van der Waals surface area contributed by atoms with Crippen molar-refractivity contribution in [3.8, 4) is 46.0 Å². The summed E-state index contributed by atoms with van der Waals surface area (Å²) in [4.78, 5) is 0. The van der Waals surface area contributed by atoms with Crippen LogP contribution in [0.4, 0.5) is 0 Å². The van der Waals surface area contributed by atoms with E-state index in [4.69, 9.17) is 28.4 Å². The minimum atomic E-state index is -0.0605. The van der Waals surface area contributed by atoms with Gasteiger partial charge >= 0.3 is 0 Å². The third kappa shape index (κ3) is 6.41. The van der Waals surface area contributed by atoms with Crippen molar-refractivity contribution < 1.29 is 38.6 Å². The summed E-state index contributed by atoms with van der Waals surface area (Å²) < 4.78 is 31.0. The van der Waals surface area contributed by atoms with Crippen molar-refractivity contribution >= 4 is 0 Å². The summed E-state index contributed by atoms with van der Waals surface area (Å²) in [5, 5.41) is 19.7. The van der Waals surface area contributed by atoms with E-state index in [0.717, 1.165) is 16.7 Å². The molecule has 0 aliphatic heterocycles. The summed E-state index contributed by atoms with van der Waals surface area (Å²) in [7, 11) is 9.00. The lowest BCUT2D eigenvalue weighted by Crippen LogP contribution is -2.00. The van der Waals surface area contributed by atoms with Crippen molar-refractivity contribution in [2.45, 2.75) is 19.8 Å². The van der Waals surface area contributed by atoms with Crippen LogP contribution in [0.5, 0.6) is 46.0 Å². The van der Waals surface area contributed by atoms with E-state index in [2.05, 4.69) is 13.2 Å². The molecule has 2 N–H and O–H groups in total. The summed E-state index contributed by atoms with van der Waals surface area (Å²) in [6.07, 6.45) is 2.96. The Labute approximate surface area is 195 Å². The molecule has 0 saturated carbocycles. The first kappa shape index (κ1) is 27.4. The van der Waals surface area contributed by atoms with Crippen LogP contribution in [-0.4, -0.2) is 52.9 Å².